The summed E-state index contributed by atoms with van der Waals surface area (Å²) in [6.45, 7) is 37.2. The largest absolute Gasteiger partial charge is 0.415 e. The molecule has 264 valence electrons. The molecule has 1 rings (SSSR count). The van der Waals surface area contributed by atoms with Gasteiger partial charge in [0.05, 0.1) is 24.4 Å². The highest BCUT2D eigenvalue weighted by molar-refractivity contribution is 6.96. The fourth-order valence-electron chi connectivity index (χ4n) is 5.51. The molecule has 8 nitrogen and oxygen atoms in total. The standard InChI is InChI=1S/C32H72O8Si4/c1-25(2)33-17-21-41(29(9)10)37-42(30(11)12,22-18-34-26(3)4)39-44(32(15)16,24-20-36-28(7)8)40-43(38-41,31(13)14)23-19-35-27(5)6/h25-32H,17-24H2,1-16H3. The third kappa shape index (κ3) is 12.5. The quantitative estimate of drug-likeness (QED) is 0.117. The van der Waals surface area contributed by atoms with E-state index in [1.807, 2.05) is 0 Å². The van der Waals surface area contributed by atoms with Crippen LogP contribution in [-0.2, 0) is 35.4 Å². The molecule has 44 heavy (non-hydrogen) atoms. The molecular weight excluding hydrogens is 625 g/mol. The van der Waals surface area contributed by atoms with Gasteiger partial charge in [-0.25, -0.2) is 0 Å². The fourth-order valence-corrected chi connectivity index (χ4v) is 31.8. The summed E-state index contributed by atoms with van der Waals surface area (Å²) in [5.41, 5.74) is 0.708. The van der Waals surface area contributed by atoms with E-state index in [0.29, 0.717) is 26.4 Å². The first-order chi connectivity index (χ1) is 20.3. The molecule has 12 heteroatoms. The van der Waals surface area contributed by atoms with Crippen LogP contribution < -0.4 is 0 Å². The van der Waals surface area contributed by atoms with E-state index in [1.54, 1.807) is 0 Å². The maximum Gasteiger partial charge on any atom is 0.325 e. The Bertz CT molecular complexity index is 656. The summed E-state index contributed by atoms with van der Waals surface area (Å²) < 4.78 is 56.0. The summed E-state index contributed by atoms with van der Waals surface area (Å²) in [6, 6.07) is 2.95. The van der Waals surface area contributed by atoms with Crippen LogP contribution in [0, 0.1) is 0 Å². The fraction of sp³-hybridized carbons (Fsp3) is 1.00. The van der Waals surface area contributed by atoms with Crippen LogP contribution in [-0.4, -0.2) is 85.1 Å². The second-order valence-electron chi connectivity index (χ2n) is 15.0. The Hall–Kier alpha value is 0.548. The zero-order valence-corrected chi connectivity index (χ0v) is 35.5. The minimum absolute atomic E-state index is 0.134. The highest BCUT2D eigenvalue weighted by atomic mass is 28.5. The molecule has 0 aromatic rings. The lowest BCUT2D eigenvalue weighted by Gasteiger charge is -2.57. The molecule has 1 heterocycles. The van der Waals surface area contributed by atoms with Gasteiger partial charge in [0.2, 0.25) is 0 Å². The van der Waals surface area contributed by atoms with Crippen molar-refractivity contribution in [3.8, 4) is 0 Å². The van der Waals surface area contributed by atoms with E-state index in [-0.39, 0.29) is 46.6 Å². The van der Waals surface area contributed by atoms with E-state index >= 15 is 0 Å². The van der Waals surface area contributed by atoms with Gasteiger partial charge < -0.3 is 35.4 Å². The molecule has 0 amide bonds. The van der Waals surface area contributed by atoms with E-state index in [4.69, 9.17) is 35.4 Å². The summed E-state index contributed by atoms with van der Waals surface area (Å²) in [6.07, 6.45) is 0.534. The second kappa shape index (κ2) is 18.9. The summed E-state index contributed by atoms with van der Waals surface area (Å²) in [4.78, 5) is 0. The monoisotopic (exact) mass is 696 g/mol. The lowest BCUT2D eigenvalue weighted by Crippen LogP contribution is -2.73. The van der Waals surface area contributed by atoms with Crippen LogP contribution in [0.5, 0.6) is 0 Å². The zero-order chi connectivity index (χ0) is 33.9. The molecule has 1 aliphatic heterocycles. The van der Waals surface area contributed by atoms with Crippen molar-refractivity contribution in [3.05, 3.63) is 0 Å². The van der Waals surface area contributed by atoms with Crippen molar-refractivity contribution in [2.24, 2.45) is 0 Å². The summed E-state index contributed by atoms with van der Waals surface area (Å²) in [5, 5.41) is 0. The van der Waals surface area contributed by atoms with Crippen molar-refractivity contribution in [1.82, 2.24) is 0 Å². The Labute approximate surface area is 276 Å². The highest BCUT2D eigenvalue weighted by Gasteiger charge is 2.65. The van der Waals surface area contributed by atoms with Crippen LogP contribution in [0.15, 0.2) is 0 Å². The number of ether oxygens (including phenoxy) is 4. The van der Waals surface area contributed by atoms with Gasteiger partial charge in [0.1, 0.15) is 0 Å². The van der Waals surface area contributed by atoms with E-state index in [0.717, 1.165) is 24.2 Å². The predicted molar refractivity (Wildman–Crippen MR) is 191 cm³/mol. The second-order valence-corrected chi connectivity index (χ2v) is 31.3. The smallest absolute Gasteiger partial charge is 0.325 e. The molecular formula is C32H72O8Si4. The molecule has 1 aliphatic rings. The number of hydrogen-bond donors (Lipinski definition) is 0. The number of rotatable bonds is 20. The SMILES string of the molecule is CC(C)OCC[Si]1(C(C)C)O[Si](CCOC(C)C)(C(C)C)O[Si](CCOC(C)C)(C(C)C)O[Si](CCOC(C)C)(C(C)C)O1. The van der Waals surface area contributed by atoms with Crippen molar-refractivity contribution < 1.29 is 35.4 Å². The maximum absolute atomic E-state index is 7.80. The Morgan fingerprint density at radius 1 is 0.318 bits per heavy atom. The molecule has 0 unspecified atom stereocenters. The first kappa shape index (κ1) is 42.6. The van der Waals surface area contributed by atoms with Gasteiger partial charge >= 0.3 is 34.2 Å². The maximum atomic E-state index is 7.80. The van der Waals surface area contributed by atoms with Crippen molar-refractivity contribution in [3.63, 3.8) is 0 Å². The molecule has 0 spiro atoms. The molecule has 0 saturated carbocycles. The Morgan fingerprint density at radius 3 is 0.591 bits per heavy atom. The van der Waals surface area contributed by atoms with Crippen molar-refractivity contribution >= 4 is 34.2 Å². The zero-order valence-electron chi connectivity index (χ0n) is 31.5. The molecule has 0 radical (unpaired) electrons. The first-order valence-electron chi connectivity index (χ1n) is 17.5. The van der Waals surface area contributed by atoms with Crippen LogP contribution in [0.4, 0.5) is 0 Å². The van der Waals surface area contributed by atoms with Crippen LogP contribution in [0.25, 0.3) is 0 Å². The molecule has 0 aromatic carbocycles. The van der Waals surface area contributed by atoms with Gasteiger partial charge in [-0.15, -0.1) is 0 Å². The molecule has 0 aliphatic carbocycles. The minimum Gasteiger partial charge on any atom is -0.415 e. The lowest BCUT2D eigenvalue weighted by atomic mass is 10.5. The third-order valence-electron chi connectivity index (χ3n) is 8.51. The van der Waals surface area contributed by atoms with Gasteiger partial charge in [-0.2, -0.15) is 0 Å². The van der Waals surface area contributed by atoms with Gasteiger partial charge in [0.15, 0.2) is 0 Å². The van der Waals surface area contributed by atoms with E-state index < -0.39 is 34.2 Å². The number of hydrogen-bond acceptors (Lipinski definition) is 8. The van der Waals surface area contributed by atoms with Crippen molar-refractivity contribution in [2.75, 3.05) is 26.4 Å². The molecule has 0 N–H and O–H groups in total. The Balaban J connectivity index is 4.00. The van der Waals surface area contributed by atoms with Gasteiger partial charge in [0, 0.05) is 50.6 Å². The third-order valence-corrected chi connectivity index (χ3v) is 30.2. The summed E-state index contributed by atoms with van der Waals surface area (Å²) in [7, 11) is -11.9. The molecule has 1 fully saturated rings. The van der Waals surface area contributed by atoms with Crippen molar-refractivity contribution in [1.29, 1.82) is 0 Å². The first-order valence-corrected chi connectivity index (χ1v) is 25.9. The van der Waals surface area contributed by atoms with E-state index in [2.05, 4.69) is 111 Å². The normalized spacial score (nSPS) is 28.9. The molecule has 0 bridgehead atoms. The summed E-state index contributed by atoms with van der Waals surface area (Å²) in [5.74, 6) is 0. The molecule has 0 atom stereocenters. The van der Waals surface area contributed by atoms with Gasteiger partial charge in [-0.3, -0.25) is 0 Å². The minimum atomic E-state index is -2.98. The van der Waals surface area contributed by atoms with Crippen LogP contribution >= 0.6 is 0 Å². The van der Waals surface area contributed by atoms with Crippen molar-refractivity contribution in [2.45, 2.75) is 182 Å². The Kier molecular flexibility index (Phi) is 18.3. The van der Waals surface area contributed by atoms with Gasteiger partial charge in [-0.05, 0) is 77.6 Å². The Morgan fingerprint density at radius 2 is 0.477 bits per heavy atom. The lowest BCUT2D eigenvalue weighted by molar-refractivity contribution is 0.0724. The van der Waals surface area contributed by atoms with E-state index in [9.17, 15) is 0 Å². The van der Waals surface area contributed by atoms with Gasteiger partial charge in [-0.1, -0.05) is 55.4 Å². The topological polar surface area (TPSA) is 73.8 Å². The van der Waals surface area contributed by atoms with Crippen LogP contribution in [0.2, 0.25) is 46.3 Å². The highest BCUT2D eigenvalue weighted by Crippen LogP contribution is 2.49. The molecule has 0 aromatic heterocycles. The average Bonchev–Trinajstić information content (AvgIpc) is 2.85. The van der Waals surface area contributed by atoms with Gasteiger partial charge in [0.25, 0.3) is 0 Å². The predicted octanol–water partition coefficient (Wildman–Crippen LogP) is 9.18. The van der Waals surface area contributed by atoms with Crippen LogP contribution in [0.3, 0.4) is 0 Å². The summed E-state index contributed by atoms with van der Waals surface area (Å²) >= 11 is 0. The van der Waals surface area contributed by atoms with E-state index in [1.165, 1.54) is 0 Å². The average molecular weight is 697 g/mol. The molecule has 1 saturated heterocycles. The van der Waals surface area contributed by atoms with Crippen LogP contribution in [0.1, 0.15) is 111 Å².